The first-order chi connectivity index (χ1) is 19.3. The summed E-state index contributed by atoms with van der Waals surface area (Å²) in [5, 5.41) is 2.85. The number of carbonyl (C=O) groups is 2. The largest absolute Gasteiger partial charge is 0.463 e. The van der Waals surface area contributed by atoms with E-state index >= 15 is 0 Å². The first-order valence-electron chi connectivity index (χ1n) is 13.0. The first kappa shape index (κ1) is 33.0. The van der Waals surface area contributed by atoms with Crippen LogP contribution in [-0.4, -0.2) is 78.0 Å². The fourth-order valence-electron chi connectivity index (χ4n) is 3.22. The number of alkyl halides is 3. The summed E-state index contributed by atoms with van der Waals surface area (Å²) in [6, 6.07) is 11.1. The van der Waals surface area contributed by atoms with E-state index in [0.29, 0.717) is 58.4 Å². The molecule has 2 aromatic rings. The van der Waals surface area contributed by atoms with Crippen molar-refractivity contribution in [2.24, 2.45) is 0 Å². The Morgan fingerprint density at radius 2 is 1.27 bits per heavy atom. The molecule has 0 bridgehead atoms. The SMILES string of the molecule is CCCC(=O)OCCOCCOCCOCCOCCOC(=O)c1ccccc1Nc1cccc(C(F)(F)F)c1. The highest BCUT2D eigenvalue weighted by molar-refractivity contribution is 5.96. The lowest BCUT2D eigenvalue weighted by atomic mass is 10.1. The number of hydrogen-bond donors (Lipinski definition) is 1. The third-order valence-electron chi connectivity index (χ3n) is 5.14. The number of nitrogens with one attached hydrogen (secondary N) is 1. The van der Waals surface area contributed by atoms with Crippen molar-refractivity contribution in [1.82, 2.24) is 0 Å². The molecular formula is C28H36F3NO8. The van der Waals surface area contributed by atoms with E-state index in [1.165, 1.54) is 18.2 Å². The van der Waals surface area contributed by atoms with Gasteiger partial charge in [-0.05, 0) is 36.8 Å². The number of hydrogen-bond acceptors (Lipinski definition) is 9. The van der Waals surface area contributed by atoms with Gasteiger partial charge in [0.05, 0.1) is 69.7 Å². The van der Waals surface area contributed by atoms with Crippen LogP contribution in [0.4, 0.5) is 24.5 Å². The maximum absolute atomic E-state index is 13.0. The third kappa shape index (κ3) is 13.7. The number of halogens is 3. The van der Waals surface area contributed by atoms with Crippen molar-refractivity contribution < 1.29 is 51.2 Å². The van der Waals surface area contributed by atoms with E-state index in [1.54, 1.807) is 18.2 Å². The molecule has 9 nitrogen and oxygen atoms in total. The fraction of sp³-hybridized carbons (Fsp3) is 0.500. The quantitative estimate of drug-likeness (QED) is 0.174. The molecule has 0 radical (unpaired) electrons. The summed E-state index contributed by atoms with van der Waals surface area (Å²) >= 11 is 0. The molecule has 222 valence electrons. The summed E-state index contributed by atoms with van der Waals surface area (Å²) in [5.41, 5.74) is -0.0953. The van der Waals surface area contributed by atoms with Gasteiger partial charge in [-0.1, -0.05) is 25.1 Å². The molecule has 0 heterocycles. The van der Waals surface area contributed by atoms with E-state index in [-0.39, 0.29) is 37.0 Å². The van der Waals surface area contributed by atoms with Crippen molar-refractivity contribution in [3.8, 4) is 0 Å². The van der Waals surface area contributed by atoms with E-state index in [9.17, 15) is 22.8 Å². The molecule has 2 rings (SSSR count). The van der Waals surface area contributed by atoms with Gasteiger partial charge >= 0.3 is 18.1 Å². The topological polar surface area (TPSA) is 102 Å². The van der Waals surface area contributed by atoms with E-state index < -0.39 is 17.7 Å². The van der Waals surface area contributed by atoms with Gasteiger partial charge in [-0.2, -0.15) is 13.2 Å². The Morgan fingerprint density at radius 3 is 1.85 bits per heavy atom. The lowest BCUT2D eigenvalue weighted by Crippen LogP contribution is -2.15. The average Bonchev–Trinajstić information content (AvgIpc) is 2.93. The fourth-order valence-corrected chi connectivity index (χ4v) is 3.22. The van der Waals surface area contributed by atoms with Gasteiger partial charge in [-0.3, -0.25) is 4.79 Å². The molecule has 0 unspecified atom stereocenters. The predicted octanol–water partition coefficient (Wildman–Crippen LogP) is 5.02. The summed E-state index contributed by atoms with van der Waals surface area (Å²) in [5.74, 6) is -0.855. The lowest BCUT2D eigenvalue weighted by molar-refractivity contribution is -0.145. The van der Waals surface area contributed by atoms with Gasteiger partial charge in [-0.15, -0.1) is 0 Å². The highest BCUT2D eigenvalue weighted by atomic mass is 19.4. The summed E-state index contributed by atoms with van der Waals surface area (Å²) < 4.78 is 70.6. The van der Waals surface area contributed by atoms with Crippen molar-refractivity contribution in [3.05, 3.63) is 59.7 Å². The summed E-state index contributed by atoms with van der Waals surface area (Å²) in [6.07, 6.45) is -3.31. The molecule has 0 saturated carbocycles. The van der Waals surface area contributed by atoms with Crippen molar-refractivity contribution >= 4 is 23.3 Å². The maximum Gasteiger partial charge on any atom is 0.416 e. The Bertz CT molecular complexity index is 1020. The molecule has 0 aromatic heterocycles. The van der Waals surface area contributed by atoms with E-state index in [4.69, 9.17) is 28.4 Å². The number of anilines is 2. The molecule has 2 aromatic carbocycles. The van der Waals surface area contributed by atoms with Gasteiger partial charge in [0.25, 0.3) is 0 Å². The van der Waals surface area contributed by atoms with E-state index in [1.807, 2.05) is 6.92 Å². The number of benzene rings is 2. The molecule has 0 aliphatic heterocycles. The van der Waals surface area contributed by atoms with Crippen molar-refractivity contribution in [2.75, 3.05) is 71.4 Å². The molecule has 1 N–H and O–H groups in total. The first-order valence-corrected chi connectivity index (χ1v) is 13.0. The van der Waals surface area contributed by atoms with Crippen LogP contribution in [0.15, 0.2) is 48.5 Å². The normalized spacial score (nSPS) is 11.3. The zero-order valence-electron chi connectivity index (χ0n) is 22.5. The second kappa shape index (κ2) is 19.0. The smallest absolute Gasteiger partial charge is 0.416 e. The molecule has 0 saturated heterocycles. The van der Waals surface area contributed by atoms with Crippen LogP contribution >= 0.6 is 0 Å². The highest BCUT2D eigenvalue weighted by Gasteiger charge is 2.30. The molecule has 0 fully saturated rings. The third-order valence-corrected chi connectivity index (χ3v) is 5.14. The predicted molar refractivity (Wildman–Crippen MR) is 141 cm³/mol. The Morgan fingerprint density at radius 1 is 0.725 bits per heavy atom. The molecule has 12 heteroatoms. The number of carbonyl (C=O) groups excluding carboxylic acids is 2. The standard InChI is InChI=1S/C28H36F3NO8/c1-2-6-26(33)39-19-17-37-15-13-35-11-12-36-14-16-38-18-20-40-27(34)24-9-3-4-10-25(24)32-23-8-5-7-22(21-23)28(29,30)31/h3-5,7-10,21,32H,2,6,11-20H2,1H3. The lowest BCUT2D eigenvalue weighted by Gasteiger charge is -2.13. The van der Waals surface area contributed by atoms with Gasteiger partial charge in [0.15, 0.2) is 0 Å². The van der Waals surface area contributed by atoms with Gasteiger partial charge in [0.1, 0.15) is 13.2 Å². The van der Waals surface area contributed by atoms with Crippen molar-refractivity contribution in [2.45, 2.75) is 25.9 Å². The van der Waals surface area contributed by atoms with Crippen LogP contribution in [0.25, 0.3) is 0 Å². The summed E-state index contributed by atoms with van der Waals surface area (Å²) in [6.45, 7) is 4.80. The maximum atomic E-state index is 13.0. The zero-order chi connectivity index (χ0) is 29.1. The molecule has 0 spiro atoms. The minimum Gasteiger partial charge on any atom is -0.463 e. The van der Waals surface area contributed by atoms with Gasteiger partial charge < -0.3 is 33.7 Å². The number of ether oxygens (including phenoxy) is 6. The molecule has 0 aliphatic carbocycles. The van der Waals surface area contributed by atoms with Gasteiger partial charge in [0.2, 0.25) is 0 Å². The van der Waals surface area contributed by atoms with Crippen molar-refractivity contribution in [1.29, 1.82) is 0 Å². The molecule has 0 aliphatic rings. The van der Waals surface area contributed by atoms with Crippen molar-refractivity contribution in [3.63, 3.8) is 0 Å². The summed E-state index contributed by atoms with van der Waals surface area (Å²) in [7, 11) is 0. The van der Waals surface area contributed by atoms with Gasteiger partial charge in [0, 0.05) is 12.1 Å². The Kier molecular flexibility index (Phi) is 15.7. The second-order valence-electron chi connectivity index (χ2n) is 8.31. The molecule has 0 atom stereocenters. The van der Waals surface area contributed by atoms with Crippen LogP contribution in [0, 0.1) is 0 Å². The zero-order valence-corrected chi connectivity index (χ0v) is 22.5. The highest BCUT2D eigenvalue weighted by Crippen LogP contribution is 2.32. The van der Waals surface area contributed by atoms with Crippen LogP contribution in [0.5, 0.6) is 0 Å². The Labute approximate surface area is 231 Å². The van der Waals surface area contributed by atoms with E-state index in [0.717, 1.165) is 18.6 Å². The minimum atomic E-state index is -4.47. The number of rotatable bonds is 20. The van der Waals surface area contributed by atoms with Crippen LogP contribution in [0.2, 0.25) is 0 Å². The van der Waals surface area contributed by atoms with Crippen LogP contribution in [-0.2, 0) is 39.4 Å². The number of para-hydroxylation sites is 1. The minimum absolute atomic E-state index is 0.00234. The van der Waals surface area contributed by atoms with Crippen LogP contribution in [0.3, 0.4) is 0 Å². The summed E-state index contributed by atoms with van der Waals surface area (Å²) in [4.78, 5) is 23.7. The molecular weight excluding hydrogens is 535 g/mol. The Balaban J connectivity index is 1.51. The second-order valence-corrected chi connectivity index (χ2v) is 8.31. The number of esters is 2. The van der Waals surface area contributed by atoms with E-state index in [2.05, 4.69) is 5.32 Å². The molecule has 40 heavy (non-hydrogen) atoms. The monoisotopic (exact) mass is 571 g/mol. The average molecular weight is 572 g/mol. The molecule has 0 amide bonds. The van der Waals surface area contributed by atoms with Gasteiger partial charge in [-0.25, -0.2) is 4.79 Å². The van der Waals surface area contributed by atoms with Crippen LogP contribution < -0.4 is 5.32 Å². The van der Waals surface area contributed by atoms with Crippen LogP contribution in [0.1, 0.15) is 35.7 Å². The Hall–Kier alpha value is -3.19.